The smallest absolute Gasteiger partial charge is 0.317 e. The topological polar surface area (TPSA) is 48.4 Å². The number of carbonyl (C=O) groups excluding carboxylic acids is 1. The van der Waals surface area contributed by atoms with Crippen LogP contribution in [0.1, 0.15) is 20.8 Å². The summed E-state index contributed by atoms with van der Waals surface area (Å²) in [5.74, 6) is -0.285. The summed E-state index contributed by atoms with van der Waals surface area (Å²) in [6.45, 7) is 5.99. The van der Waals surface area contributed by atoms with Crippen LogP contribution in [0.25, 0.3) is 0 Å². The Morgan fingerprint density at radius 3 is 2.69 bits per heavy atom. The monoisotopic (exact) mass is 223 g/mol. The molecule has 0 saturated carbocycles. The van der Waals surface area contributed by atoms with Crippen LogP contribution in [0, 0.1) is 5.92 Å². The first-order chi connectivity index (χ1) is 7.59. The van der Waals surface area contributed by atoms with Gasteiger partial charge in [-0.2, -0.15) is 0 Å². The Bertz CT molecular complexity index is 324. The average Bonchev–Trinajstić information content (AvgIpc) is 2.27. The average molecular weight is 223 g/mol. The summed E-state index contributed by atoms with van der Waals surface area (Å²) in [5.41, 5.74) is 0. The number of aromatic nitrogens is 1. The lowest BCUT2D eigenvalue weighted by Gasteiger charge is -2.12. The van der Waals surface area contributed by atoms with E-state index in [1.165, 1.54) is 0 Å². The molecule has 88 valence electrons. The van der Waals surface area contributed by atoms with Gasteiger partial charge in [0.25, 0.3) is 0 Å². The van der Waals surface area contributed by atoms with Gasteiger partial charge in [-0.3, -0.25) is 4.79 Å². The van der Waals surface area contributed by atoms with E-state index in [0.29, 0.717) is 12.5 Å². The van der Waals surface area contributed by atoms with Crippen LogP contribution < -0.4 is 4.74 Å². The van der Waals surface area contributed by atoms with Crippen LogP contribution in [-0.4, -0.2) is 23.7 Å². The molecule has 0 aromatic carbocycles. The number of nitrogens with zero attached hydrogens (tertiary/aromatic N) is 1. The molecule has 0 radical (unpaired) electrons. The molecule has 1 atom stereocenters. The summed E-state index contributed by atoms with van der Waals surface area (Å²) in [5, 5.41) is 0. The van der Waals surface area contributed by atoms with E-state index >= 15 is 0 Å². The van der Waals surface area contributed by atoms with Gasteiger partial charge in [0.2, 0.25) is 5.88 Å². The molecule has 0 N–H and O–H groups in total. The van der Waals surface area contributed by atoms with Crippen LogP contribution in [0.2, 0.25) is 0 Å². The molecule has 1 rings (SSSR count). The van der Waals surface area contributed by atoms with Crippen LogP contribution in [0.5, 0.6) is 5.88 Å². The summed E-state index contributed by atoms with van der Waals surface area (Å²) in [6.07, 6.45) is 1.70. The fourth-order valence-electron chi connectivity index (χ4n) is 1.02. The highest BCUT2D eigenvalue weighted by molar-refractivity contribution is 5.74. The molecule has 0 aliphatic rings. The van der Waals surface area contributed by atoms with E-state index in [4.69, 9.17) is 9.47 Å². The normalized spacial score (nSPS) is 12.5. The molecule has 4 heteroatoms. The van der Waals surface area contributed by atoms with E-state index in [2.05, 4.69) is 4.98 Å². The molecule has 0 fully saturated rings. The molecule has 1 unspecified atom stereocenters. The maximum atomic E-state index is 11.6. The zero-order chi connectivity index (χ0) is 12.0. The highest BCUT2D eigenvalue weighted by Crippen LogP contribution is 2.08. The van der Waals surface area contributed by atoms with Crippen molar-refractivity contribution in [3.8, 4) is 5.88 Å². The quantitative estimate of drug-likeness (QED) is 0.717. The molecule has 1 aromatic heterocycles. The maximum absolute atomic E-state index is 11.6. The number of pyridine rings is 1. The van der Waals surface area contributed by atoms with Crippen molar-refractivity contribution in [2.24, 2.45) is 5.92 Å². The van der Waals surface area contributed by atoms with Gasteiger partial charge in [0.1, 0.15) is 0 Å². The largest absolute Gasteiger partial charge is 0.407 e. The van der Waals surface area contributed by atoms with Crippen molar-refractivity contribution in [1.82, 2.24) is 4.98 Å². The van der Waals surface area contributed by atoms with Crippen LogP contribution in [0.4, 0.5) is 0 Å². The first-order valence-electron chi connectivity index (χ1n) is 5.34. The Morgan fingerprint density at radius 1 is 1.38 bits per heavy atom. The van der Waals surface area contributed by atoms with Gasteiger partial charge in [0, 0.05) is 12.3 Å². The zero-order valence-electron chi connectivity index (χ0n) is 9.84. The lowest BCUT2D eigenvalue weighted by molar-refractivity contribution is -0.141. The lowest BCUT2D eigenvalue weighted by Crippen LogP contribution is -2.24. The molecule has 1 aromatic rings. The van der Waals surface area contributed by atoms with Crippen molar-refractivity contribution in [2.75, 3.05) is 6.61 Å². The zero-order valence-corrected chi connectivity index (χ0v) is 9.84. The molecule has 4 nitrogen and oxygen atoms in total. The van der Waals surface area contributed by atoms with E-state index in [0.717, 1.165) is 0 Å². The second-order valence-corrected chi connectivity index (χ2v) is 3.87. The van der Waals surface area contributed by atoms with Gasteiger partial charge in [-0.25, -0.2) is 4.98 Å². The Balaban J connectivity index is 2.40. The molecule has 0 saturated heterocycles. The molecule has 0 spiro atoms. The van der Waals surface area contributed by atoms with Gasteiger partial charge >= 0.3 is 5.97 Å². The highest BCUT2D eigenvalue weighted by Gasteiger charge is 2.16. The Morgan fingerprint density at radius 2 is 2.12 bits per heavy atom. The van der Waals surface area contributed by atoms with Crippen molar-refractivity contribution in [3.63, 3.8) is 0 Å². The van der Waals surface area contributed by atoms with Crippen molar-refractivity contribution >= 4 is 5.97 Å². The molecule has 0 aliphatic carbocycles. The minimum atomic E-state index is -0.320. The van der Waals surface area contributed by atoms with Crippen LogP contribution in [-0.2, 0) is 9.53 Å². The highest BCUT2D eigenvalue weighted by atomic mass is 16.5. The molecule has 16 heavy (non-hydrogen) atoms. The molecular formula is C12H17NO3. The van der Waals surface area contributed by atoms with Crippen molar-refractivity contribution in [3.05, 3.63) is 24.4 Å². The predicted octanol–water partition coefficient (Wildman–Crippen LogP) is 2.05. The number of ether oxygens (including phenoxy) is 2. The van der Waals surface area contributed by atoms with Gasteiger partial charge in [-0.15, -0.1) is 0 Å². The summed E-state index contributed by atoms with van der Waals surface area (Å²) in [4.78, 5) is 15.5. The third-order valence-corrected chi connectivity index (χ3v) is 1.92. The molecule has 0 bridgehead atoms. The number of hydrogen-bond acceptors (Lipinski definition) is 4. The minimum absolute atomic E-state index is 0.116. The second-order valence-electron chi connectivity index (χ2n) is 3.87. The van der Waals surface area contributed by atoms with Crippen LogP contribution in [0.3, 0.4) is 0 Å². The summed E-state index contributed by atoms with van der Waals surface area (Å²) in [6, 6.07) is 5.18. The number of rotatable bonds is 5. The fraction of sp³-hybridized carbons (Fsp3) is 0.500. The standard InChI is InChI=1S/C12H17NO3/c1-9(2)15-8-10(3)12(14)16-11-6-4-5-7-13-11/h4-7,9-10H,8H2,1-3H3. The third kappa shape index (κ3) is 4.40. The third-order valence-electron chi connectivity index (χ3n) is 1.92. The molecule has 1 heterocycles. The van der Waals surface area contributed by atoms with Crippen molar-refractivity contribution < 1.29 is 14.3 Å². The number of hydrogen-bond donors (Lipinski definition) is 0. The first-order valence-corrected chi connectivity index (χ1v) is 5.34. The van der Waals surface area contributed by atoms with E-state index in [-0.39, 0.29) is 18.0 Å². The first kappa shape index (κ1) is 12.6. The van der Waals surface area contributed by atoms with E-state index in [1.54, 1.807) is 31.3 Å². The second kappa shape index (κ2) is 6.23. The summed E-state index contributed by atoms with van der Waals surface area (Å²) >= 11 is 0. The van der Waals surface area contributed by atoms with Gasteiger partial charge < -0.3 is 9.47 Å². The van der Waals surface area contributed by atoms with E-state index in [1.807, 2.05) is 13.8 Å². The minimum Gasteiger partial charge on any atom is -0.407 e. The van der Waals surface area contributed by atoms with Gasteiger partial charge in [0.15, 0.2) is 0 Å². The Labute approximate surface area is 95.6 Å². The lowest BCUT2D eigenvalue weighted by atomic mass is 10.2. The SMILES string of the molecule is CC(C)OCC(C)C(=O)Oc1ccccn1. The van der Waals surface area contributed by atoms with Crippen LogP contribution >= 0.6 is 0 Å². The Hall–Kier alpha value is -1.42. The molecule has 0 amide bonds. The summed E-state index contributed by atoms with van der Waals surface area (Å²) < 4.78 is 10.4. The van der Waals surface area contributed by atoms with Crippen molar-refractivity contribution in [1.29, 1.82) is 0 Å². The van der Waals surface area contributed by atoms with E-state index in [9.17, 15) is 4.79 Å². The predicted molar refractivity (Wildman–Crippen MR) is 60.1 cm³/mol. The van der Waals surface area contributed by atoms with Crippen LogP contribution in [0.15, 0.2) is 24.4 Å². The maximum Gasteiger partial charge on any atom is 0.317 e. The Kier molecular flexibility index (Phi) is 4.92. The number of carbonyl (C=O) groups is 1. The van der Waals surface area contributed by atoms with Gasteiger partial charge in [0.05, 0.1) is 18.6 Å². The molecule has 0 aliphatic heterocycles. The van der Waals surface area contributed by atoms with Gasteiger partial charge in [-0.05, 0) is 26.8 Å². The van der Waals surface area contributed by atoms with E-state index < -0.39 is 0 Å². The molecular weight excluding hydrogens is 206 g/mol. The van der Waals surface area contributed by atoms with Crippen molar-refractivity contribution in [2.45, 2.75) is 26.9 Å². The number of esters is 1. The fourth-order valence-corrected chi connectivity index (χ4v) is 1.02. The summed E-state index contributed by atoms with van der Waals surface area (Å²) in [7, 11) is 0. The van der Waals surface area contributed by atoms with Gasteiger partial charge in [-0.1, -0.05) is 6.07 Å².